The van der Waals surface area contributed by atoms with Crippen LogP contribution in [0.3, 0.4) is 0 Å². The van der Waals surface area contributed by atoms with Gasteiger partial charge < -0.3 is 9.64 Å². The van der Waals surface area contributed by atoms with E-state index in [-0.39, 0.29) is 16.7 Å². The van der Waals surface area contributed by atoms with Crippen molar-refractivity contribution in [2.24, 2.45) is 5.92 Å². The van der Waals surface area contributed by atoms with E-state index in [2.05, 4.69) is 0 Å². The summed E-state index contributed by atoms with van der Waals surface area (Å²) in [5.74, 6) is 0.690. The number of carbonyl (C=O) groups is 1. The number of methoxy groups -OCH3 is 1. The predicted octanol–water partition coefficient (Wildman–Crippen LogP) is 2.42. The molecule has 0 N–H and O–H groups in total. The number of hydrogen-bond acceptors (Lipinski definition) is 4. The van der Waals surface area contributed by atoms with Crippen LogP contribution in [0.2, 0.25) is 0 Å². The molecule has 1 amide bonds. The average Bonchev–Trinajstić information content (AvgIpc) is 2.68. The Morgan fingerprint density at radius 1 is 1.08 bits per heavy atom. The summed E-state index contributed by atoms with van der Waals surface area (Å²) in [4.78, 5) is 14.7. The Kier molecular flexibility index (Phi) is 5.87. The monoisotopic (exact) mass is 380 g/mol. The molecule has 0 bridgehead atoms. The van der Waals surface area contributed by atoms with Crippen molar-refractivity contribution in [2.45, 2.75) is 43.9 Å². The van der Waals surface area contributed by atoms with Crippen LogP contribution in [0.4, 0.5) is 0 Å². The summed E-state index contributed by atoms with van der Waals surface area (Å²) in [6.07, 6.45) is 5.40. The zero-order valence-electron chi connectivity index (χ0n) is 15.6. The second kappa shape index (κ2) is 7.96. The number of sulfonamides is 1. The molecule has 0 unspecified atom stereocenters. The molecule has 1 aliphatic heterocycles. The largest absolute Gasteiger partial charge is 0.495 e. The van der Waals surface area contributed by atoms with Crippen molar-refractivity contribution < 1.29 is 17.9 Å². The average molecular weight is 381 g/mol. The van der Waals surface area contributed by atoms with Crippen molar-refractivity contribution in [3.63, 3.8) is 0 Å². The van der Waals surface area contributed by atoms with Crippen molar-refractivity contribution in [2.75, 3.05) is 33.3 Å². The molecule has 1 aromatic carbocycles. The molecule has 1 saturated carbocycles. The van der Waals surface area contributed by atoms with Gasteiger partial charge in [-0.25, -0.2) is 8.42 Å². The number of ether oxygens (including phenoxy) is 1. The Bertz CT molecular complexity index is 749. The van der Waals surface area contributed by atoms with Gasteiger partial charge in [0.25, 0.3) is 0 Å². The number of rotatable bonds is 4. The van der Waals surface area contributed by atoms with Crippen molar-refractivity contribution in [3.05, 3.63) is 23.8 Å². The SMILES string of the molecule is COc1ccc(C)cc1S(=O)(=O)N1CCN(C(=O)C2CCCCC2)CC1. The lowest BCUT2D eigenvalue weighted by Gasteiger charge is -2.36. The highest BCUT2D eigenvalue weighted by atomic mass is 32.2. The molecule has 0 aromatic heterocycles. The first-order chi connectivity index (χ1) is 12.4. The van der Waals surface area contributed by atoms with Crippen molar-refractivity contribution in [3.8, 4) is 5.75 Å². The van der Waals surface area contributed by atoms with E-state index in [1.54, 1.807) is 12.1 Å². The molecule has 0 radical (unpaired) electrons. The van der Waals surface area contributed by atoms with Crippen LogP contribution in [0.1, 0.15) is 37.7 Å². The maximum atomic E-state index is 13.0. The van der Waals surface area contributed by atoms with Gasteiger partial charge in [0.15, 0.2) is 0 Å². The third-order valence-corrected chi connectivity index (χ3v) is 7.36. The highest BCUT2D eigenvalue weighted by Crippen LogP contribution is 2.29. The number of benzene rings is 1. The number of amides is 1. The predicted molar refractivity (Wildman–Crippen MR) is 99.6 cm³/mol. The molecular weight excluding hydrogens is 352 g/mol. The molecule has 6 nitrogen and oxygen atoms in total. The topological polar surface area (TPSA) is 66.9 Å². The van der Waals surface area contributed by atoms with Gasteiger partial charge in [-0.05, 0) is 37.5 Å². The van der Waals surface area contributed by atoms with Crippen LogP contribution in [0.5, 0.6) is 5.75 Å². The van der Waals surface area contributed by atoms with Crippen molar-refractivity contribution in [1.29, 1.82) is 0 Å². The minimum absolute atomic E-state index is 0.128. The van der Waals surface area contributed by atoms with E-state index in [4.69, 9.17) is 4.74 Å². The molecule has 144 valence electrons. The third kappa shape index (κ3) is 3.88. The van der Waals surface area contributed by atoms with Gasteiger partial charge in [-0.3, -0.25) is 4.79 Å². The molecule has 1 aromatic rings. The summed E-state index contributed by atoms with van der Waals surface area (Å²) in [5.41, 5.74) is 0.871. The van der Waals surface area contributed by atoms with Crippen molar-refractivity contribution in [1.82, 2.24) is 9.21 Å². The first kappa shape index (κ1) is 19.2. The Morgan fingerprint density at radius 3 is 2.35 bits per heavy atom. The summed E-state index contributed by atoms with van der Waals surface area (Å²) < 4.78 is 32.8. The number of hydrogen-bond donors (Lipinski definition) is 0. The van der Waals surface area contributed by atoms with E-state index in [0.717, 1.165) is 31.2 Å². The maximum absolute atomic E-state index is 13.0. The zero-order chi connectivity index (χ0) is 18.7. The minimum Gasteiger partial charge on any atom is -0.495 e. The minimum atomic E-state index is -3.63. The Hall–Kier alpha value is -1.60. The fourth-order valence-corrected chi connectivity index (χ4v) is 5.54. The Morgan fingerprint density at radius 2 is 1.73 bits per heavy atom. The summed E-state index contributed by atoms with van der Waals surface area (Å²) in [5, 5.41) is 0. The summed E-state index contributed by atoms with van der Waals surface area (Å²) >= 11 is 0. The summed E-state index contributed by atoms with van der Waals surface area (Å²) in [7, 11) is -2.15. The van der Waals surface area contributed by atoms with Crippen LogP contribution in [-0.2, 0) is 14.8 Å². The van der Waals surface area contributed by atoms with E-state index >= 15 is 0 Å². The van der Waals surface area contributed by atoms with E-state index in [1.165, 1.54) is 17.8 Å². The second-order valence-corrected chi connectivity index (χ2v) is 9.12. The van der Waals surface area contributed by atoms with Gasteiger partial charge in [-0.15, -0.1) is 0 Å². The van der Waals surface area contributed by atoms with Crippen LogP contribution in [0.15, 0.2) is 23.1 Å². The molecule has 2 fully saturated rings. The molecule has 1 saturated heterocycles. The maximum Gasteiger partial charge on any atom is 0.246 e. The fraction of sp³-hybridized carbons (Fsp3) is 0.632. The third-order valence-electron chi connectivity index (χ3n) is 5.44. The van der Waals surface area contributed by atoms with Gasteiger partial charge in [0.1, 0.15) is 10.6 Å². The molecule has 0 atom stereocenters. The van der Waals surface area contributed by atoms with E-state index in [0.29, 0.717) is 31.9 Å². The molecule has 1 aliphatic carbocycles. The van der Waals surface area contributed by atoms with Gasteiger partial charge in [0.2, 0.25) is 15.9 Å². The molecule has 2 aliphatic rings. The highest BCUT2D eigenvalue weighted by molar-refractivity contribution is 7.89. The van der Waals surface area contributed by atoms with Gasteiger partial charge in [0.05, 0.1) is 7.11 Å². The van der Waals surface area contributed by atoms with Crippen LogP contribution >= 0.6 is 0 Å². The molecular formula is C19H28N2O4S. The fourth-order valence-electron chi connectivity index (χ4n) is 3.88. The first-order valence-electron chi connectivity index (χ1n) is 9.37. The summed E-state index contributed by atoms with van der Waals surface area (Å²) in [6, 6.07) is 5.16. The molecule has 0 spiro atoms. The van der Waals surface area contributed by atoms with Crippen LogP contribution in [0, 0.1) is 12.8 Å². The Labute approximate surface area is 156 Å². The van der Waals surface area contributed by atoms with E-state index < -0.39 is 10.0 Å². The second-order valence-electron chi connectivity index (χ2n) is 7.22. The molecule has 3 rings (SSSR count). The van der Waals surface area contributed by atoms with Gasteiger partial charge in [-0.2, -0.15) is 4.31 Å². The quantitative estimate of drug-likeness (QED) is 0.805. The van der Waals surface area contributed by atoms with Crippen molar-refractivity contribution >= 4 is 15.9 Å². The smallest absolute Gasteiger partial charge is 0.246 e. The van der Waals surface area contributed by atoms with E-state index in [1.807, 2.05) is 17.9 Å². The lowest BCUT2D eigenvalue weighted by atomic mass is 9.88. The molecule has 7 heteroatoms. The Balaban J connectivity index is 1.69. The number of nitrogens with zero attached hydrogens (tertiary/aromatic N) is 2. The van der Waals surface area contributed by atoms with Crippen LogP contribution in [0.25, 0.3) is 0 Å². The zero-order valence-corrected chi connectivity index (χ0v) is 16.4. The number of piperazine rings is 1. The van der Waals surface area contributed by atoms with E-state index in [9.17, 15) is 13.2 Å². The normalized spacial score (nSPS) is 20.2. The number of aryl methyl sites for hydroxylation is 1. The number of carbonyl (C=O) groups excluding carboxylic acids is 1. The van der Waals surface area contributed by atoms with Gasteiger partial charge in [-0.1, -0.05) is 25.3 Å². The van der Waals surface area contributed by atoms with Crippen LogP contribution < -0.4 is 4.74 Å². The lowest BCUT2D eigenvalue weighted by molar-refractivity contribution is -0.137. The first-order valence-corrected chi connectivity index (χ1v) is 10.8. The highest BCUT2D eigenvalue weighted by Gasteiger charge is 2.34. The molecule has 1 heterocycles. The standard InChI is InChI=1S/C19H28N2O4S/c1-15-8-9-17(25-2)18(14-15)26(23,24)21-12-10-20(11-13-21)19(22)16-6-4-3-5-7-16/h8-9,14,16H,3-7,10-13H2,1-2H3. The van der Waals surface area contributed by atoms with Gasteiger partial charge >= 0.3 is 0 Å². The molecule has 26 heavy (non-hydrogen) atoms. The van der Waals surface area contributed by atoms with Crippen LogP contribution in [-0.4, -0.2) is 56.8 Å². The van der Waals surface area contributed by atoms with Gasteiger partial charge in [0, 0.05) is 32.1 Å². The lowest BCUT2D eigenvalue weighted by Crippen LogP contribution is -2.52. The summed E-state index contributed by atoms with van der Waals surface area (Å²) in [6.45, 7) is 3.44.